The van der Waals surface area contributed by atoms with Crippen LogP contribution < -0.4 is 10.1 Å². The van der Waals surface area contributed by atoms with Crippen LogP contribution in [0.4, 0.5) is 0 Å². The molecule has 0 aliphatic carbocycles. The van der Waals surface area contributed by atoms with E-state index < -0.39 is 0 Å². The molecule has 1 amide bonds. The van der Waals surface area contributed by atoms with Crippen molar-refractivity contribution in [1.29, 1.82) is 0 Å². The van der Waals surface area contributed by atoms with Crippen LogP contribution in [0, 0.1) is 6.92 Å². The Bertz CT molecular complexity index is 740. The summed E-state index contributed by atoms with van der Waals surface area (Å²) in [6.45, 7) is 3.29. The minimum atomic E-state index is -0.0237. The normalized spacial score (nSPS) is 14.2. The number of hydrogen-bond donors (Lipinski definition) is 1. The summed E-state index contributed by atoms with van der Waals surface area (Å²) in [5.41, 5.74) is 4.18. The molecule has 1 heterocycles. The van der Waals surface area contributed by atoms with Crippen LogP contribution in [0.1, 0.15) is 33.1 Å². The number of aryl methyl sites for hydroxylation is 1. The third kappa shape index (κ3) is 3.44. The largest absolute Gasteiger partial charge is 0.493 e. The van der Waals surface area contributed by atoms with Crippen molar-refractivity contribution >= 4 is 5.91 Å². The fourth-order valence-corrected chi connectivity index (χ4v) is 3.12. The second kappa shape index (κ2) is 7.05. The standard InChI is InChI=1S/C20H24N2O2/c1-14-6-4-5-7-17(14)20(23)21-13-18(22(2)3)15-8-9-19-16(12-15)10-11-24-19/h4-9,12,18H,10-11,13H2,1-3H3,(H,21,23). The monoisotopic (exact) mass is 324 g/mol. The molecule has 1 aliphatic heterocycles. The predicted octanol–water partition coefficient (Wildman–Crippen LogP) is 2.96. The van der Waals surface area contributed by atoms with Crippen LogP contribution in [0.15, 0.2) is 42.5 Å². The van der Waals surface area contributed by atoms with Crippen LogP contribution in [0.2, 0.25) is 0 Å². The van der Waals surface area contributed by atoms with Crippen LogP contribution in [0.5, 0.6) is 5.75 Å². The smallest absolute Gasteiger partial charge is 0.251 e. The molecule has 0 aromatic heterocycles. The lowest BCUT2D eigenvalue weighted by Gasteiger charge is -2.25. The molecule has 126 valence electrons. The molecule has 1 unspecified atom stereocenters. The molecule has 1 aliphatic rings. The van der Waals surface area contributed by atoms with E-state index in [1.807, 2.05) is 51.4 Å². The van der Waals surface area contributed by atoms with E-state index in [2.05, 4.69) is 22.3 Å². The van der Waals surface area contributed by atoms with Crippen molar-refractivity contribution in [2.45, 2.75) is 19.4 Å². The maximum absolute atomic E-state index is 12.5. The zero-order valence-electron chi connectivity index (χ0n) is 14.5. The van der Waals surface area contributed by atoms with E-state index in [0.717, 1.165) is 29.9 Å². The summed E-state index contributed by atoms with van der Waals surface area (Å²) in [6, 6.07) is 14.1. The first kappa shape index (κ1) is 16.5. The van der Waals surface area contributed by atoms with E-state index in [1.165, 1.54) is 11.1 Å². The van der Waals surface area contributed by atoms with Crippen LogP contribution in [-0.4, -0.2) is 38.1 Å². The first-order valence-electron chi connectivity index (χ1n) is 8.32. The second-order valence-electron chi connectivity index (χ2n) is 6.47. The van der Waals surface area contributed by atoms with Gasteiger partial charge in [-0.2, -0.15) is 0 Å². The number of nitrogens with one attached hydrogen (secondary N) is 1. The van der Waals surface area contributed by atoms with E-state index in [0.29, 0.717) is 6.54 Å². The van der Waals surface area contributed by atoms with E-state index in [1.54, 1.807) is 0 Å². The molecular weight excluding hydrogens is 300 g/mol. The summed E-state index contributed by atoms with van der Waals surface area (Å²) in [4.78, 5) is 14.6. The number of hydrogen-bond acceptors (Lipinski definition) is 3. The third-order valence-corrected chi connectivity index (χ3v) is 4.57. The zero-order valence-corrected chi connectivity index (χ0v) is 14.5. The molecule has 1 N–H and O–H groups in total. The molecule has 2 aromatic rings. The van der Waals surface area contributed by atoms with Crippen molar-refractivity contribution in [2.24, 2.45) is 0 Å². The molecule has 0 spiro atoms. The summed E-state index contributed by atoms with van der Waals surface area (Å²) in [6.07, 6.45) is 0.957. The molecule has 4 nitrogen and oxygen atoms in total. The highest BCUT2D eigenvalue weighted by atomic mass is 16.5. The Hall–Kier alpha value is -2.33. The van der Waals surface area contributed by atoms with Gasteiger partial charge in [0.15, 0.2) is 0 Å². The highest BCUT2D eigenvalue weighted by molar-refractivity contribution is 5.95. The van der Waals surface area contributed by atoms with Gasteiger partial charge in [0.25, 0.3) is 5.91 Å². The molecule has 0 radical (unpaired) electrons. The lowest BCUT2D eigenvalue weighted by atomic mass is 10.0. The van der Waals surface area contributed by atoms with Gasteiger partial charge in [0.1, 0.15) is 5.75 Å². The number of nitrogens with zero attached hydrogens (tertiary/aromatic N) is 1. The topological polar surface area (TPSA) is 41.6 Å². The average Bonchev–Trinajstić information content (AvgIpc) is 3.02. The summed E-state index contributed by atoms with van der Waals surface area (Å²) < 4.78 is 5.58. The van der Waals surface area contributed by atoms with Crippen molar-refractivity contribution in [3.05, 3.63) is 64.7 Å². The van der Waals surface area contributed by atoms with Gasteiger partial charge >= 0.3 is 0 Å². The van der Waals surface area contributed by atoms with Crippen LogP contribution in [0.25, 0.3) is 0 Å². The Morgan fingerprint density at radius 1 is 1.25 bits per heavy atom. The maximum atomic E-state index is 12.5. The molecule has 0 saturated carbocycles. The quantitative estimate of drug-likeness (QED) is 0.919. The predicted molar refractivity (Wildman–Crippen MR) is 95.6 cm³/mol. The highest BCUT2D eigenvalue weighted by Gasteiger charge is 2.19. The fourth-order valence-electron chi connectivity index (χ4n) is 3.12. The summed E-state index contributed by atoms with van der Waals surface area (Å²) in [5, 5.41) is 3.08. The number of likely N-dealkylation sites (N-methyl/N-ethyl adjacent to an activating group) is 1. The fraction of sp³-hybridized carbons (Fsp3) is 0.350. The van der Waals surface area contributed by atoms with Gasteiger partial charge < -0.3 is 15.0 Å². The number of benzene rings is 2. The van der Waals surface area contributed by atoms with Gasteiger partial charge in [-0.15, -0.1) is 0 Å². The van der Waals surface area contributed by atoms with Gasteiger partial charge in [-0.25, -0.2) is 0 Å². The molecule has 0 saturated heterocycles. The first-order valence-corrected chi connectivity index (χ1v) is 8.32. The van der Waals surface area contributed by atoms with Gasteiger partial charge in [-0.1, -0.05) is 30.3 Å². The first-order chi connectivity index (χ1) is 11.6. The SMILES string of the molecule is Cc1ccccc1C(=O)NCC(c1ccc2c(c1)CCO2)N(C)C. The van der Waals surface area contributed by atoms with Crippen molar-refractivity contribution in [3.63, 3.8) is 0 Å². The Balaban J connectivity index is 1.73. The Kier molecular flexibility index (Phi) is 4.86. The summed E-state index contributed by atoms with van der Waals surface area (Å²) >= 11 is 0. The van der Waals surface area contributed by atoms with E-state index >= 15 is 0 Å². The highest BCUT2D eigenvalue weighted by Crippen LogP contribution is 2.29. The van der Waals surface area contributed by atoms with Gasteiger partial charge in [0, 0.05) is 18.5 Å². The number of fused-ring (bicyclic) bond motifs is 1. The molecule has 24 heavy (non-hydrogen) atoms. The molecule has 0 fully saturated rings. The van der Waals surface area contributed by atoms with Gasteiger partial charge in [-0.3, -0.25) is 4.79 Å². The van der Waals surface area contributed by atoms with Gasteiger partial charge in [0.05, 0.1) is 12.6 Å². The molecule has 3 rings (SSSR count). The zero-order chi connectivity index (χ0) is 17.1. The third-order valence-electron chi connectivity index (χ3n) is 4.57. The molecule has 1 atom stereocenters. The minimum Gasteiger partial charge on any atom is -0.493 e. The number of amides is 1. The molecule has 2 aromatic carbocycles. The van der Waals surface area contributed by atoms with E-state index in [9.17, 15) is 4.79 Å². The van der Waals surface area contributed by atoms with Crippen molar-refractivity contribution in [1.82, 2.24) is 10.2 Å². The Labute approximate surface area is 143 Å². The number of ether oxygens (including phenoxy) is 1. The molecular formula is C20H24N2O2. The van der Waals surface area contributed by atoms with Crippen molar-refractivity contribution in [3.8, 4) is 5.75 Å². The summed E-state index contributed by atoms with van der Waals surface area (Å²) in [7, 11) is 4.07. The van der Waals surface area contributed by atoms with Crippen LogP contribution in [-0.2, 0) is 6.42 Å². The average molecular weight is 324 g/mol. The number of carbonyl (C=O) groups excluding carboxylic acids is 1. The lowest BCUT2D eigenvalue weighted by Crippen LogP contribution is -2.34. The van der Waals surface area contributed by atoms with Crippen molar-refractivity contribution in [2.75, 3.05) is 27.2 Å². The van der Waals surface area contributed by atoms with Gasteiger partial charge in [0.2, 0.25) is 0 Å². The molecule has 0 bridgehead atoms. The Morgan fingerprint density at radius 2 is 2.04 bits per heavy atom. The minimum absolute atomic E-state index is 0.0237. The maximum Gasteiger partial charge on any atom is 0.251 e. The lowest BCUT2D eigenvalue weighted by molar-refractivity contribution is 0.0941. The van der Waals surface area contributed by atoms with Crippen LogP contribution in [0.3, 0.4) is 0 Å². The Morgan fingerprint density at radius 3 is 2.79 bits per heavy atom. The molecule has 4 heteroatoms. The summed E-state index contributed by atoms with van der Waals surface area (Å²) in [5.74, 6) is 0.963. The van der Waals surface area contributed by atoms with Crippen LogP contribution >= 0.6 is 0 Å². The second-order valence-corrected chi connectivity index (χ2v) is 6.47. The van der Waals surface area contributed by atoms with E-state index in [4.69, 9.17) is 4.74 Å². The van der Waals surface area contributed by atoms with Crippen molar-refractivity contribution < 1.29 is 9.53 Å². The number of carbonyl (C=O) groups is 1. The number of rotatable bonds is 5. The van der Waals surface area contributed by atoms with Gasteiger partial charge in [-0.05, 0) is 49.8 Å². The van der Waals surface area contributed by atoms with E-state index in [-0.39, 0.29) is 11.9 Å².